The van der Waals surface area contributed by atoms with Crippen LogP contribution < -0.4 is 5.73 Å². The van der Waals surface area contributed by atoms with Crippen LogP contribution in [0.1, 0.15) is 22.0 Å². The van der Waals surface area contributed by atoms with Gasteiger partial charge in [-0.1, -0.05) is 30.3 Å². The first-order chi connectivity index (χ1) is 8.18. The molecule has 2 aromatic carbocycles. The highest BCUT2D eigenvalue weighted by atomic mass is 35.5. The molecular weight excluding hydrogens is 253 g/mol. The largest absolute Gasteiger partial charge is 0.318 e. The minimum atomic E-state index is -0.707. The van der Waals surface area contributed by atoms with Crippen LogP contribution in [0.15, 0.2) is 54.6 Å². The van der Waals surface area contributed by atoms with Gasteiger partial charge in [-0.25, -0.2) is 4.39 Å². The zero-order valence-electron chi connectivity index (χ0n) is 9.55. The average Bonchev–Trinajstić information content (AvgIpc) is 2.39. The summed E-state index contributed by atoms with van der Waals surface area (Å²) in [7, 11) is 0. The molecule has 4 heteroatoms. The van der Waals surface area contributed by atoms with Gasteiger partial charge in [0.2, 0.25) is 0 Å². The van der Waals surface area contributed by atoms with E-state index >= 15 is 0 Å². The molecular formula is C14H13ClFNO. The lowest BCUT2D eigenvalue weighted by molar-refractivity contribution is 0.0961. The molecule has 0 aliphatic heterocycles. The van der Waals surface area contributed by atoms with Crippen molar-refractivity contribution in [3.63, 3.8) is 0 Å². The Balaban J connectivity index is 0.00000162. The predicted octanol–water partition coefficient (Wildman–Crippen LogP) is 3.13. The molecule has 2 N–H and O–H groups in total. The first-order valence-corrected chi connectivity index (χ1v) is 5.29. The third kappa shape index (κ3) is 3.15. The van der Waals surface area contributed by atoms with Crippen LogP contribution in [-0.4, -0.2) is 5.78 Å². The smallest absolute Gasteiger partial charge is 0.184 e. The van der Waals surface area contributed by atoms with Crippen molar-refractivity contribution >= 4 is 18.2 Å². The SMILES string of the molecule is Cl.NC(C(=O)c1ccc(F)cc1)c1ccccc1. The number of rotatable bonds is 3. The number of Topliss-reactive ketones (excluding diaryl/α,β-unsaturated/α-hetero) is 1. The average molecular weight is 266 g/mol. The summed E-state index contributed by atoms with van der Waals surface area (Å²) in [5.41, 5.74) is 7.04. The quantitative estimate of drug-likeness (QED) is 0.867. The summed E-state index contributed by atoms with van der Waals surface area (Å²) in [5.74, 6) is -0.578. The lowest BCUT2D eigenvalue weighted by atomic mass is 9.98. The highest BCUT2D eigenvalue weighted by Gasteiger charge is 2.17. The minimum absolute atomic E-state index is 0. The van der Waals surface area contributed by atoms with E-state index in [1.54, 1.807) is 12.1 Å². The van der Waals surface area contributed by atoms with Crippen molar-refractivity contribution in [1.82, 2.24) is 0 Å². The number of benzene rings is 2. The van der Waals surface area contributed by atoms with E-state index in [4.69, 9.17) is 5.73 Å². The van der Waals surface area contributed by atoms with Crippen molar-refractivity contribution < 1.29 is 9.18 Å². The Labute approximate surface area is 111 Å². The van der Waals surface area contributed by atoms with E-state index in [1.165, 1.54) is 24.3 Å². The molecule has 1 atom stereocenters. The lowest BCUT2D eigenvalue weighted by Gasteiger charge is -2.10. The molecule has 0 spiro atoms. The first-order valence-electron chi connectivity index (χ1n) is 5.29. The predicted molar refractivity (Wildman–Crippen MR) is 71.3 cm³/mol. The highest BCUT2D eigenvalue weighted by Crippen LogP contribution is 2.16. The number of ketones is 1. The standard InChI is InChI=1S/C14H12FNO.ClH/c15-12-8-6-11(7-9-12)14(17)13(16)10-4-2-1-3-5-10;/h1-9,13H,16H2;1H. The van der Waals surface area contributed by atoms with Gasteiger partial charge >= 0.3 is 0 Å². The number of nitrogens with two attached hydrogens (primary N) is 1. The molecule has 94 valence electrons. The summed E-state index contributed by atoms with van der Waals surface area (Å²) in [6.07, 6.45) is 0. The fourth-order valence-electron chi connectivity index (χ4n) is 1.61. The monoisotopic (exact) mass is 265 g/mol. The maximum Gasteiger partial charge on any atom is 0.184 e. The first kappa shape index (κ1) is 14.4. The molecule has 0 aliphatic carbocycles. The lowest BCUT2D eigenvalue weighted by Crippen LogP contribution is -2.21. The van der Waals surface area contributed by atoms with Crippen molar-refractivity contribution in [2.45, 2.75) is 6.04 Å². The van der Waals surface area contributed by atoms with Crippen LogP contribution in [-0.2, 0) is 0 Å². The van der Waals surface area contributed by atoms with Crippen molar-refractivity contribution in [1.29, 1.82) is 0 Å². The van der Waals surface area contributed by atoms with E-state index in [9.17, 15) is 9.18 Å². The van der Waals surface area contributed by atoms with Crippen molar-refractivity contribution in [3.8, 4) is 0 Å². The van der Waals surface area contributed by atoms with Gasteiger partial charge in [0, 0.05) is 5.56 Å². The fourth-order valence-corrected chi connectivity index (χ4v) is 1.61. The van der Waals surface area contributed by atoms with Crippen molar-refractivity contribution in [2.24, 2.45) is 5.73 Å². The Kier molecular flexibility index (Phi) is 5.01. The topological polar surface area (TPSA) is 43.1 Å². The van der Waals surface area contributed by atoms with Gasteiger partial charge in [-0.15, -0.1) is 12.4 Å². The molecule has 0 aliphatic rings. The van der Waals surface area contributed by atoms with Gasteiger partial charge in [0.1, 0.15) is 5.82 Å². The van der Waals surface area contributed by atoms with Crippen LogP contribution in [0.2, 0.25) is 0 Å². The van der Waals surface area contributed by atoms with Crippen LogP contribution in [0.4, 0.5) is 4.39 Å². The second kappa shape index (κ2) is 6.28. The van der Waals surface area contributed by atoms with Gasteiger partial charge in [0.05, 0.1) is 6.04 Å². The molecule has 0 heterocycles. The van der Waals surface area contributed by atoms with Crippen LogP contribution in [0, 0.1) is 5.82 Å². The third-order valence-electron chi connectivity index (χ3n) is 2.57. The Morgan fingerprint density at radius 1 is 1.00 bits per heavy atom. The van der Waals surface area contributed by atoms with Gasteiger partial charge in [-0.05, 0) is 29.8 Å². The maximum atomic E-state index is 12.7. The van der Waals surface area contributed by atoms with Crippen LogP contribution in [0.25, 0.3) is 0 Å². The molecule has 0 saturated heterocycles. The van der Waals surface area contributed by atoms with Gasteiger partial charge in [0.15, 0.2) is 5.78 Å². The van der Waals surface area contributed by atoms with Gasteiger partial charge in [0.25, 0.3) is 0 Å². The summed E-state index contributed by atoms with van der Waals surface area (Å²) in [5, 5.41) is 0. The zero-order chi connectivity index (χ0) is 12.3. The molecule has 1 unspecified atom stereocenters. The molecule has 0 aromatic heterocycles. The number of hydrogen-bond acceptors (Lipinski definition) is 2. The van der Waals surface area contributed by atoms with E-state index < -0.39 is 6.04 Å². The van der Waals surface area contributed by atoms with E-state index in [0.717, 1.165) is 5.56 Å². The number of carbonyl (C=O) groups excluding carboxylic acids is 1. The molecule has 0 amide bonds. The zero-order valence-corrected chi connectivity index (χ0v) is 10.4. The van der Waals surface area contributed by atoms with Gasteiger partial charge in [-0.3, -0.25) is 4.79 Å². The summed E-state index contributed by atoms with van der Waals surface area (Å²) in [4.78, 5) is 12.0. The number of halogens is 2. The van der Waals surface area contributed by atoms with Crippen LogP contribution in [0.3, 0.4) is 0 Å². The Morgan fingerprint density at radius 3 is 2.11 bits per heavy atom. The molecule has 0 bridgehead atoms. The second-order valence-corrected chi connectivity index (χ2v) is 3.76. The Hall–Kier alpha value is -1.71. The normalized spacial score (nSPS) is 11.4. The second-order valence-electron chi connectivity index (χ2n) is 3.76. The minimum Gasteiger partial charge on any atom is -0.318 e. The number of carbonyl (C=O) groups is 1. The molecule has 0 radical (unpaired) electrons. The van der Waals surface area contributed by atoms with Gasteiger partial charge < -0.3 is 5.73 Å². The molecule has 0 saturated carbocycles. The molecule has 2 rings (SSSR count). The van der Waals surface area contributed by atoms with Crippen LogP contribution in [0.5, 0.6) is 0 Å². The van der Waals surface area contributed by atoms with E-state index in [1.807, 2.05) is 18.2 Å². The highest BCUT2D eigenvalue weighted by molar-refractivity contribution is 6.00. The summed E-state index contributed by atoms with van der Waals surface area (Å²) >= 11 is 0. The van der Waals surface area contributed by atoms with Crippen molar-refractivity contribution in [2.75, 3.05) is 0 Å². The Morgan fingerprint density at radius 2 is 1.56 bits per heavy atom. The Bertz CT molecular complexity index is 513. The molecule has 18 heavy (non-hydrogen) atoms. The van der Waals surface area contributed by atoms with E-state index in [0.29, 0.717) is 5.56 Å². The molecule has 0 fully saturated rings. The number of hydrogen-bond donors (Lipinski definition) is 1. The summed E-state index contributed by atoms with van der Waals surface area (Å²) < 4.78 is 12.7. The van der Waals surface area contributed by atoms with Gasteiger partial charge in [-0.2, -0.15) is 0 Å². The van der Waals surface area contributed by atoms with Crippen molar-refractivity contribution in [3.05, 3.63) is 71.5 Å². The third-order valence-corrected chi connectivity index (χ3v) is 2.57. The fraction of sp³-hybridized carbons (Fsp3) is 0.0714. The van der Waals surface area contributed by atoms with Crippen LogP contribution >= 0.6 is 12.4 Å². The van der Waals surface area contributed by atoms with E-state index in [2.05, 4.69) is 0 Å². The maximum absolute atomic E-state index is 12.7. The summed E-state index contributed by atoms with van der Waals surface area (Å²) in [6.45, 7) is 0. The van der Waals surface area contributed by atoms with E-state index in [-0.39, 0.29) is 24.0 Å². The molecule has 2 nitrogen and oxygen atoms in total. The summed E-state index contributed by atoms with van der Waals surface area (Å²) in [6, 6.07) is 13.8. The molecule has 2 aromatic rings.